The van der Waals surface area contributed by atoms with E-state index in [9.17, 15) is 13.2 Å². The maximum absolute atomic E-state index is 10.9. The third-order valence-corrected chi connectivity index (χ3v) is 3.72. The number of carbonyl (C=O) groups is 1. The van der Waals surface area contributed by atoms with Gasteiger partial charge in [0.25, 0.3) is 0 Å². The van der Waals surface area contributed by atoms with Gasteiger partial charge in [-0.05, 0) is 0 Å². The predicted molar refractivity (Wildman–Crippen MR) is 46.6 cm³/mol. The number of sulfone groups is 1. The molecule has 0 fully saturated rings. The number of hydrogen-bond acceptors (Lipinski definition) is 6. The highest BCUT2D eigenvalue weighted by molar-refractivity contribution is 7.92. The summed E-state index contributed by atoms with van der Waals surface area (Å²) in [5.41, 5.74) is 4.84. The van der Waals surface area contributed by atoms with Gasteiger partial charge in [0.1, 0.15) is 5.00 Å². The Bertz CT molecular complexity index is 447. The van der Waals surface area contributed by atoms with E-state index in [0.717, 1.165) is 6.26 Å². The van der Waals surface area contributed by atoms with Crippen LogP contribution in [0.5, 0.6) is 0 Å². The lowest BCUT2D eigenvalue weighted by Gasteiger charge is -1.86. The van der Waals surface area contributed by atoms with Crippen molar-refractivity contribution in [2.24, 2.45) is 0 Å². The van der Waals surface area contributed by atoms with E-state index >= 15 is 0 Å². The fourth-order valence-corrected chi connectivity index (χ4v) is 2.31. The summed E-state index contributed by atoms with van der Waals surface area (Å²) in [4.78, 5) is 13.8. The minimum atomic E-state index is -3.47. The molecular formula is C5H6N2O4S2. The lowest BCUT2D eigenvalue weighted by Crippen LogP contribution is -2.02. The number of carboxylic acid groups (broad SMARTS) is 1. The first-order valence-corrected chi connectivity index (χ1v) is 5.73. The highest BCUT2D eigenvalue weighted by Gasteiger charge is 2.20. The normalized spacial score (nSPS) is 11.5. The van der Waals surface area contributed by atoms with Crippen LogP contribution in [-0.4, -0.2) is 30.7 Å². The zero-order valence-corrected chi connectivity index (χ0v) is 8.15. The molecule has 1 rings (SSSR count). The molecule has 0 aliphatic rings. The third-order valence-electron chi connectivity index (χ3n) is 1.15. The van der Waals surface area contributed by atoms with Crippen LogP contribution in [0.2, 0.25) is 0 Å². The Morgan fingerprint density at radius 2 is 2.15 bits per heavy atom. The number of rotatable bonds is 2. The molecule has 0 bridgehead atoms. The van der Waals surface area contributed by atoms with Crippen LogP contribution in [0, 0.1) is 0 Å². The van der Waals surface area contributed by atoms with Crippen molar-refractivity contribution < 1.29 is 18.3 Å². The number of aromatic nitrogens is 1. The van der Waals surface area contributed by atoms with Crippen LogP contribution in [0.1, 0.15) is 10.5 Å². The van der Waals surface area contributed by atoms with Gasteiger partial charge in [-0.2, -0.15) is 0 Å². The SMILES string of the molecule is CS(=O)(=O)c1nc(C(=O)O)c(N)s1. The molecule has 0 saturated carbocycles. The predicted octanol–water partition coefficient (Wildman–Crippen LogP) is -0.173. The van der Waals surface area contributed by atoms with E-state index in [1.54, 1.807) is 0 Å². The molecule has 8 heteroatoms. The Labute approximate surface area is 77.9 Å². The monoisotopic (exact) mass is 222 g/mol. The van der Waals surface area contributed by atoms with Crippen LogP contribution in [0.4, 0.5) is 5.00 Å². The largest absolute Gasteiger partial charge is 0.476 e. The Kier molecular flexibility index (Phi) is 2.26. The number of thiazole rings is 1. The number of nitrogens with zero attached hydrogens (tertiary/aromatic N) is 1. The van der Waals surface area contributed by atoms with Crippen LogP contribution in [0.3, 0.4) is 0 Å². The number of anilines is 1. The summed E-state index contributed by atoms with van der Waals surface area (Å²) < 4.78 is 21.6. The van der Waals surface area contributed by atoms with Gasteiger partial charge in [-0.15, -0.1) is 0 Å². The molecule has 1 heterocycles. The van der Waals surface area contributed by atoms with Gasteiger partial charge in [-0.1, -0.05) is 11.3 Å². The van der Waals surface area contributed by atoms with Crippen LogP contribution < -0.4 is 5.73 Å². The first-order chi connectivity index (χ1) is 5.82. The molecule has 0 amide bonds. The van der Waals surface area contributed by atoms with Crippen molar-refractivity contribution in [2.45, 2.75) is 4.34 Å². The second-order valence-electron chi connectivity index (χ2n) is 2.27. The smallest absolute Gasteiger partial charge is 0.357 e. The summed E-state index contributed by atoms with van der Waals surface area (Å²) in [6.45, 7) is 0. The highest BCUT2D eigenvalue weighted by atomic mass is 32.2. The quantitative estimate of drug-likeness (QED) is 0.718. The summed E-state index contributed by atoms with van der Waals surface area (Å²) in [7, 11) is -3.47. The minimum Gasteiger partial charge on any atom is -0.476 e. The second-order valence-corrected chi connectivity index (χ2v) is 5.49. The van der Waals surface area contributed by atoms with Crippen molar-refractivity contribution in [1.29, 1.82) is 0 Å². The molecule has 1 aromatic heterocycles. The molecule has 0 saturated heterocycles. The van der Waals surface area contributed by atoms with Crippen molar-refractivity contribution in [3.63, 3.8) is 0 Å². The summed E-state index contributed by atoms with van der Waals surface area (Å²) in [5.74, 6) is -1.33. The van der Waals surface area contributed by atoms with E-state index in [0.29, 0.717) is 11.3 Å². The standard InChI is InChI=1S/C5H6N2O4S2/c1-13(10,11)5-7-2(4(8)9)3(6)12-5/h6H2,1H3,(H,8,9). The second kappa shape index (κ2) is 2.96. The first-order valence-electron chi connectivity index (χ1n) is 3.02. The summed E-state index contributed by atoms with van der Waals surface area (Å²) in [6.07, 6.45) is 0.941. The molecule has 0 aromatic carbocycles. The van der Waals surface area contributed by atoms with E-state index in [2.05, 4.69) is 4.98 Å². The van der Waals surface area contributed by atoms with Gasteiger partial charge in [0.15, 0.2) is 5.69 Å². The van der Waals surface area contributed by atoms with Gasteiger partial charge in [0.05, 0.1) is 0 Å². The van der Waals surface area contributed by atoms with Gasteiger partial charge in [0, 0.05) is 6.26 Å². The molecule has 1 aromatic rings. The molecular weight excluding hydrogens is 216 g/mol. The van der Waals surface area contributed by atoms with Crippen LogP contribution in [0.25, 0.3) is 0 Å². The van der Waals surface area contributed by atoms with Gasteiger partial charge >= 0.3 is 5.97 Å². The van der Waals surface area contributed by atoms with Crippen molar-refractivity contribution >= 4 is 32.1 Å². The zero-order chi connectivity index (χ0) is 10.2. The van der Waals surface area contributed by atoms with Crippen molar-refractivity contribution in [1.82, 2.24) is 4.98 Å². The average Bonchev–Trinajstić information content (AvgIpc) is 2.29. The highest BCUT2D eigenvalue weighted by Crippen LogP contribution is 2.24. The maximum Gasteiger partial charge on any atom is 0.357 e. The summed E-state index contributed by atoms with van der Waals surface area (Å²) >= 11 is 0.647. The van der Waals surface area contributed by atoms with Gasteiger partial charge < -0.3 is 10.8 Å². The Morgan fingerprint density at radius 3 is 2.38 bits per heavy atom. The minimum absolute atomic E-state index is 0.104. The van der Waals surface area contributed by atoms with Gasteiger partial charge in [-0.3, -0.25) is 0 Å². The van der Waals surface area contributed by atoms with E-state index in [4.69, 9.17) is 10.8 Å². The van der Waals surface area contributed by atoms with Crippen molar-refractivity contribution in [3.8, 4) is 0 Å². The van der Waals surface area contributed by atoms with E-state index < -0.39 is 21.5 Å². The molecule has 13 heavy (non-hydrogen) atoms. The van der Waals surface area contributed by atoms with Gasteiger partial charge in [-0.25, -0.2) is 18.2 Å². The van der Waals surface area contributed by atoms with Gasteiger partial charge in [0.2, 0.25) is 14.2 Å². The topological polar surface area (TPSA) is 110 Å². The Morgan fingerprint density at radius 1 is 1.62 bits per heavy atom. The zero-order valence-electron chi connectivity index (χ0n) is 6.51. The number of hydrogen-bond donors (Lipinski definition) is 2. The first kappa shape index (κ1) is 9.93. The molecule has 0 aliphatic heterocycles. The molecule has 6 nitrogen and oxygen atoms in total. The number of nitrogens with two attached hydrogens (primary N) is 1. The lowest BCUT2D eigenvalue weighted by atomic mass is 10.5. The molecule has 0 aliphatic carbocycles. The maximum atomic E-state index is 10.9. The fourth-order valence-electron chi connectivity index (χ4n) is 0.623. The Hall–Kier alpha value is -1.15. The summed E-state index contributed by atoms with van der Waals surface area (Å²) in [6, 6.07) is 0. The number of carboxylic acids is 1. The van der Waals surface area contributed by atoms with Crippen LogP contribution in [0.15, 0.2) is 4.34 Å². The van der Waals surface area contributed by atoms with Crippen molar-refractivity contribution in [3.05, 3.63) is 5.69 Å². The lowest BCUT2D eigenvalue weighted by molar-refractivity contribution is 0.0692. The summed E-state index contributed by atoms with van der Waals surface area (Å²) in [5, 5.41) is 8.41. The molecule has 0 radical (unpaired) electrons. The van der Waals surface area contributed by atoms with E-state index in [1.807, 2.05) is 0 Å². The number of nitrogen functional groups attached to an aromatic ring is 1. The third kappa shape index (κ3) is 1.95. The molecule has 72 valence electrons. The fraction of sp³-hybridized carbons (Fsp3) is 0.200. The van der Waals surface area contributed by atoms with E-state index in [1.165, 1.54) is 0 Å². The molecule has 0 spiro atoms. The molecule has 0 unspecified atom stereocenters. The van der Waals surface area contributed by atoms with Crippen LogP contribution in [-0.2, 0) is 9.84 Å². The molecule has 3 N–H and O–H groups in total. The number of aromatic carboxylic acids is 1. The average molecular weight is 222 g/mol. The van der Waals surface area contributed by atoms with E-state index in [-0.39, 0.29) is 9.34 Å². The van der Waals surface area contributed by atoms with Crippen molar-refractivity contribution in [2.75, 3.05) is 12.0 Å². The Balaban J connectivity index is 3.33. The van der Waals surface area contributed by atoms with Crippen LogP contribution >= 0.6 is 11.3 Å². The molecule has 0 atom stereocenters.